The van der Waals surface area contributed by atoms with Gasteiger partial charge in [0.25, 0.3) is 0 Å². The van der Waals surface area contributed by atoms with Crippen molar-refractivity contribution in [1.29, 1.82) is 0 Å². The van der Waals surface area contributed by atoms with Crippen molar-refractivity contribution in [1.82, 2.24) is 14.5 Å². The van der Waals surface area contributed by atoms with E-state index < -0.39 is 20.7 Å². The van der Waals surface area contributed by atoms with Crippen LogP contribution < -0.4 is 10.5 Å². The van der Waals surface area contributed by atoms with Gasteiger partial charge in [-0.2, -0.15) is 5.10 Å². The molecule has 3 N–H and O–H groups in total. The van der Waals surface area contributed by atoms with Crippen LogP contribution in [0.2, 0.25) is 0 Å². The number of halogens is 1. The summed E-state index contributed by atoms with van der Waals surface area (Å²) in [6.07, 6.45) is 3.30. The molecule has 0 unspecified atom stereocenters. The van der Waals surface area contributed by atoms with E-state index in [9.17, 15) is 12.8 Å². The molecule has 0 radical (unpaired) electrons. The molecule has 0 bridgehead atoms. The van der Waals surface area contributed by atoms with Crippen LogP contribution in [-0.2, 0) is 16.6 Å². The molecule has 0 amide bonds. The maximum absolute atomic E-state index is 13.9. The summed E-state index contributed by atoms with van der Waals surface area (Å²) in [7, 11) is -3.94. The quantitative estimate of drug-likeness (QED) is 0.802. The molecule has 2 rings (SSSR count). The molecule has 108 valence electrons. The van der Waals surface area contributed by atoms with E-state index in [4.69, 9.17) is 5.73 Å². The number of sulfonamides is 1. The standard InChI is InChI=1S/C12H15FN4O2S/c1-9-7-10(14)8-11(12(9)13)20(18,19)16-4-6-17-5-2-3-15-17/h2-3,5,7-8,16H,4,6,14H2,1H3. The number of hydrogen-bond acceptors (Lipinski definition) is 4. The zero-order chi connectivity index (χ0) is 14.8. The lowest BCUT2D eigenvalue weighted by molar-refractivity contribution is 0.543. The summed E-state index contributed by atoms with van der Waals surface area (Å²) < 4.78 is 41.9. The van der Waals surface area contributed by atoms with Crippen molar-refractivity contribution in [3.05, 3.63) is 42.0 Å². The Labute approximate surface area is 116 Å². The van der Waals surface area contributed by atoms with Gasteiger partial charge in [-0.15, -0.1) is 0 Å². The van der Waals surface area contributed by atoms with E-state index in [-0.39, 0.29) is 17.8 Å². The van der Waals surface area contributed by atoms with Crippen molar-refractivity contribution >= 4 is 15.7 Å². The Balaban J connectivity index is 2.14. The molecule has 8 heteroatoms. The highest BCUT2D eigenvalue weighted by Gasteiger charge is 2.20. The van der Waals surface area contributed by atoms with Crippen LogP contribution in [0.4, 0.5) is 10.1 Å². The molecule has 1 aromatic heterocycles. The molecule has 0 saturated heterocycles. The second-order valence-electron chi connectivity index (χ2n) is 4.32. The summed E-state index contributed by atoms with van der Waals surface area (Å²) in [6, 6.07) is 4.23. The summed E-state index contributed by atoms with van der Waals surface area (Å²) in [5, 5.41) is 3.94. The first-order chi connectivity index (χ1) is 9.40. The van der Waals surface area contributed by atoms with Gasteiger partial charge in [-0.3, -0.25) is 4.68 Å². The first kappa shape index (κ1) is 14.5. The number of aryl methyl sites for hydroxylation is 1. The van der Waals surface area contributed by atoms with Gasteiger partial charge in [0.15, 0.2) is 0 Å². The molecule has 0 aliphatic carbocycles. The van der Waals surface area contributed by atoms with Crippen LogP contribution in [-0.4, -0.2) is 24.7 Å². The summed E-state index contributed by atoms with van der Waals surface area (Å²) in [5.41, 5.74) is 5.95. The lowest BCUT2D eigenvalue weighted by Crippen LogP contribution is -2.28. The molecule has 0 spiro atoms. The second kappa shape index (κ2) is 5.59. The number of aromatic nitrogens is 2. The maximum Gasteiger partial charge on any atom is 0.243 e. The van der Waals surface area contributed by atoms with Crippen LogP contribution in [0.1, 0.15) is 5.56 Å². The monoisotopic (exact) mass is 298 g/mol. The topological polar surface area (TPSA) is 90.0 Å². The summed E-state index contributed by atoms with van der Waals surface area (Å²) in [6.45, 7) is 1.93. The average Bonchev–Trinajstić information content (AvgIpc) is 2.86. The van der Waals surface area contributed by atoms with Crippen molar-refractivity contribution in [2.45, 2.75) is 18.4 Å². The van der Waals surface area contributed by atoms with Crippen molar-refractivity contribution in [2.75, 3.05) is 12.3 Å². The minimum Gasteiger partial charge on any atom is -0.399 e. The molecular weight excluding hydrogens is 283 g/mol. The molecule has 0 aliphatic heterocycles. The number of anilines is 1. The molecule has 1 aromatic carbocycles. The van der Waals surface area contributed by atoms with Crippen LogP contribution in [0.3, 0.4) is 0 Å². The van der Waals surface area contributed by atoms with Crippen molar-refractivity contribution < 1.29 is 12.8 Å². The highest BCUT2D eigenvalue weighted by atomic mass is 32.2. The van der Waals surface area contributed by atoms with Gasteiger partial charge in [0.2, 0.25) is 10.0 Å². The van der Waals surface area contributed by atoms with Crippen molar-refractivity contribution in [3.8, 4) is 0 Å². The third-order valence-electron chi connectivity index (χ3n) is 2.73. The summed E-state index contributed by atoms with van der Waals surface area (Å²) >= 11 is 0. The van der Waals surface area contributed by atoms with Gasteiger partial charge in [0.05, 0.1) is 6.54 Å². The lowest BCUT2D eigenvalue weighted by Gasteiger charge is -2.10. The lowest BCUT2D eigenvalue weighted by atomic mass is 10.2. The van der Waals surface area contributed by atoms with E-state index in [1.54, 1.807) is 23.1 Å². The van der Waals surface area contributed by atoms with E-state index in [1.807, 2.05) is 0 Å². The number of nitrogens with two attached hydrogens (primary N) is 1. The largest absolute Gasteiger partial charge is 0.399 e. The highest BCUT2D eigenvalue weighted by Crippen LogP contribution is 2.21. The minimum absolute atomic E-state index is 0.108. The van der Waals surface area contributed by atoms with E-state index in [0.29, 0.717) is 6.54 Å². The zero-order valence-electron chi connectivity index (χ0n) is 10.9. The third-order valence-corrected chi connectivity index (χ3v) is 4.19. The Morgan fingerprint density at radius 2 is 2.20 bits per heavy atom. The minimum atomic E-state index is -3.94. The summed E-state index contributed by atoms with van der Waals surface area (Å²) in [5.74, 6) is -0.786. The first-order valence-electron chi connectivity index (χ1n) is 5.93. The van der Waals surface area contributed by atoms with Gasteiger partial charge in [-0.1, -0.05) is 0 Å². The number of benzene rings is 1. The molecule has 2 aromatic rings. The molecule has 20 heavy (non-hydrogen) atoms. The van der Waals surface area contributed by atoms with Crippen LogP contribution in [0.25, 0.3) is 0 Å². The second-order valence-corrected chi connectivity index (χ2v) is 6.05. The van der Waals surface area contributed by atoms with Crippen LogP contribution >= 0.6 is 0 Å². The maximum atomic E-state index is 13.9. The first-order valence-corrected chi connectivity index (χ1v) is 7.41. The average molecular weight is 298 g/mol. The van der Waals surface area contributed by atoms with Crippen molar-refractivity contribution in [3.63, 3.8) is 0 Å². The van der Waals surface area contributed by atoms with E-state index in [0.717, 1.165) is 6.07 Å². The molecule has 0 atom stereocenters. The molecular formula is C12H15FN4O2S. The Morgan fingerprint density at radius 3 is 2.85 bits per heavy atom. The Bertz CT molecular complexity index is 698. The Kier molecular flexibility index (Phi) is 4.05. The van der Waals surface area contributed by atoms with Gasteiger partial charge in [-0.05, 0) is 30.7 Å². The fourth-order valence-electron chi connectivity index (χ4n) is 1.76. The fraction of sp³-hybridized carbons (Fsp3) is 0.250. The normalized spacial score (nSPS) is 11.7. The molecule has 0 aliphatic rings. The fourth-order valence-corrected chi connectivity index (χ4v) is 2.97. The summed E-state index contributed by atoms with van der Waals surface area (Å²) in [4.78, 5) is -0.435. The molecule has 0 saturated carbocycles. The molecule has 0 fully saturated rings. The van der Waals surface area contributed by atoms with E-state index in [2.05, 4.69) is 9.82 Å². The predicted octanol–water partition coefficient (Wildman–Crippen LogP) is 0.891. The zero-order valence-corrected chi connectivity index (χ0v) is 11.7. The number of nitrogens with zero attached hydrogens (tertiary/aromatic N) is 2. The van der Waals surface area contributed by atoms with Gasteiger partial charge >= 0.3 is 0 Å². The Morgan fingerprint density at radius 1 is 1.45 bits per heavy atom. The van der Waals surface area contributed by atoms with Crippen LogP contribution in [0.15, 0.2) is 35.5 Å². The van der Waals surface area contributed by atoms with Gasteiger partial charge < -0.3 is 5.73 Å². The SMILES string of the molecule is Cc1cc(N)cc(S(=O)(=O)NCCn2cccn2)c1F. The smallest absolute Gasteiger partial charge is 0.243 e. The van der Waals surface area contributed by atoms with Gasteiger partial charge in [0.1, 0.15) is 10.7 Å². The van der Waals surface area contributed by atoms with Gasteiger partial charge in [-0.25, -0.2) is 17.5 Å². The molecule has 6 nitrogen and oxygen atoms in total. The molecule has 1 heterocycles. The van der Waals surface area contributed by atoms with Gasteiger partial charge in [0, 0.05) is 24.6 Å². The van der Waals surface area contributed by atoms with Crippen LogP contribution in [0.5, 0.6) is 0 Å². The number of nitrogens with one attached hydrogen (secondary N) is 1. The van der Waals surface area contributed by atoms with E-state index >= 15 is 0 Å². The number of rotatable bonds is 5. The Hall–Kier alpha value is -1.93. The van der Waals surface area contributed by atoms with Crippen molar-refractivity contribution in [2.24, 2.45) is 0 Å². The number of hydrogen-bond donors (Lipinski definition) is 2. The predicted molar refractivity (Wildman–Crippen MR) is 73.0 cm³/mol. The van der Waals surface area contributed by atoms with E-state index in [1.165, 1.54) is 13.0 Å². The highest BCUT2D eigenvalue weighted by molar-refractivity contribution is 7.89. The van der Waals surface area contributed by atoms with Crippen LogP contribution in [0, 0.1) is 12.7 Å². The third kappa shape index (κ3) is 3.14. The number of nitrogen functional groups attached to an aromatic ring is 1.